The van der Waals surface area contributed by atoms with E-state index in [0.29, 0.717) is 6.04 Å². The van der Waals surface area contributed by atoms with Gasteiger partial charge in [-0.05, 0) is 20.3 Å². The molecule has 98 valence electrons. The predicted octanol–water partition coefficient (Wildman–Crippen LogP) is 1.78. The number of hydrogen-bond donors (Lipinski definition) is 1. The molecule has 0 aliphatic carbocycles. The molecule has 0 aliphatic heterocycles. The molecule has 0 unspecified atom stereocenters. The molecule has 1 atom stereocenters. The van der Waals surface area contributed by atoms with Gasteiger partial charge in [-0.2, -0.15) is 5.10 Å². The van der Waals surface area contributed by atoms with Gasteiger partial charge in [0, 0.05) is 17.5 Å². The average molecular weight is 265 g/mol. The summed E-state index contributed by atoms with van der Waals surface area (Å²) >= 11 is 1.78. The van der Waals surface area contributed by atoms with Crippen molar-refractivity contribution in [2.45, 2.75) is 46.3 Å². The molecule has 0 spiro atoms. The number of nitrogens with zero attached hydrogens (tertiary/aromatic N) is 4. The van der Waals surface area contributed by atoms with E-state index in [4.69, 9.17) is 0 Å². The maximum Gasteiger partial charge on any atom is 0.137 e. The second kappa shape index (κ2) is 6.06. The number of rotatable bonds is 6. The van der Waals surface area contributed by atoms with Gasteiger partial charge in [-0.3, -0.25) is 4.68 Å². The molecule has 0 amide bonds. The van der Waals surface area contributed by atoms with Crippen LogP contribution in [0.15, 0.2) is 12.7 Å². The summed E-state index contributed by atoms with van der Waals surface area (Å²) in [4.78, 5) is 9.82. The van der Waals surface area contributed by atoms with Crippen LogP contribution < -0.4 is 5.32 Å². The van der Waals surface area contributed by atoms with E-state index in [1.807, 2.05) is 4.68 Å². The van der Waals surface area contributed by atoms with E-state index in [9.17, 15) is 0 Å². The normalized spacial score (nSPS) is 12.8. The van der Waals surface area contributed by atoms with E-state index in [-0.39, 0.29) is 0 Å². The Morgan fingerprint density at radius 2 is 2.33 bits per heavy atom. The molecule has 0 radical (unpaired) electrons. The number of nitrogens with one attached hydrogen (secondary N) is 1. The van der Waals surface area contributed by atoms with Gasteiger partial charge in [0.25, 0.3) is 0 Å². The van der Waals surface area contributed by atoms with Crippen LogP contribution in [0.5, 0.6) is 0 Å². The molecule has 0 bridgehead atoms. The zero-order chi connectivity index (χ0) is 13.0. The highest BCUT2D eigenvalue weighted by Crippen LogP contribution is 2.18. The Morgan fingerprint density at radius 3 is 3.00 bits per heavy atom. The zero-order valence-corrected chi connectivity index (χ0v) is 11.9. The van der Waals surface area contributed by atoms with Crippen molar-refractivity contribution in [1.29, 1.82) is 0 Å². The minimum Gasteiger partial charge on any atom is -0.307 e. The molecule has 6 heteroatoms. The summed E-state index contributed by atoms with van der Waals surface area (Å²) in [5.41, 5.74) is 1.22. The summed E-state index contributed by atoms with van der Waals surface area (Å²) < 4.78 is 1.84. The third kappa shape index (κ3) is 3.36. The van der Waals surface area contributed by atoms with E-state index in [0.717, 1.165) is 24.5 Å². The quantitative estimate of drug-likeness (QED) is 0.865. The van der Waals surface area contributed by atoms with Crippen LogP contribution in [0.25, 0.3) is 0 Å². The summed E-state index contributed by atoms with van der Waals surface area (Å²) in [6.07, 6.45) is 4.31. The van der Waals surface area contributed by atoms with Gasteiger partial charge in [0.05, 0.1) is 17.2 Å². The number of aromatic nitrogens is 4. The molecule has 2 aromatic heterocycles. The Kier molecular flexibility index (Phi) is 4.43. The molecule has 0 saturated heterocycles. The van der Waals surface area contributed by atoms with Crippen molar-refractivity contribution in [2.75, 3.05) is 0 Å². The average Bonchev–Trinajstić information content (AvgIpc) is 2.95. The van der Waals surface area contributed by atoms with Gasteiger partial charge in [-0.15, -0.1) is 11.3 Å². The smallest absolute Gasteiger partial charge is 0.137 e. The van der Waals surface area contributed by atoms with Crippen LogP contribution in [0, 0.1) is 6.92 Å². The first-order valence-electron chi connectivity index (χ1n) is 6.20. The molecule has 0 aromatic carbocycles. The highest BCUT2D eigenvalue weighted by molar-refractivity contribution is 7.11. The van der Waals surface area contributed by atoms with Crippen LogP contribution in [-0.2, 0) is 19.5 Å². The van der Waals surface area contributed by atoms with Crippen molar-refractivity contribution in [3.8, 4) is 0 Å². The Balaban J connectivity index is 1.86. The van der Waals surface area contributed by atoms with Gasteiger partial charge in [-0.25, -0.2) is 9.97 Å². The highest BCUT2D eigenvalue weighted by Gasteiger charge is 2.09. The van der Waals surface area contributed by atoms with E-state index >= 15 is 0 Å². The van der Waals surface area contributed by atoms with Crippen molar-refractivity contribution in [1.82, 2.24) is 25.1 Å². The van der Waals surface area contributed by atoms with Crippen LogP contribution in [0.2, 0.25) is 0 Å². The molecule has 1 N–H and O–H groups in total. The monoisotopic (exact) mass is 265 g/mol. The van der Waals surface area contributed by atoms with Crippen molar-refractivity contribution < 1.29 is 0 Å². The largest absolute Gasteiger partial charge is 0.307 e. The molecular formula is C12H19N5S. The fourth-order valence-corrected chi connectivity index (χ4v) is 2.84. The Hall–Kier alpha value is -1.27. The first-order valence-corrected chi connectivity index (χ1v) is 7.01. The Labute approximate surface area is 111 Å². The summed E-state index contributed by atoms with van der Waals surface area (Å²) in [5.74, 6) is 0. The summed E-state index contributed by atoms with van der Waals surface area (Å²) in [6.45, 7) is 8.08. The van der Waals surface area contributed by atoms with Crippen molar-refractivity contribution in [2.24, 2.45) is 0 Å². The standard InChI is InChI=1S/C12H19N5S/c1-4-11-12(18-10(3)16-11)5-14-9(2)6-17-8-13-7-15-17/h7-9,14H,4-6H2,1-3H3/t9-/m0/s1. The predicted molar refractivity (Wildman–Crippen MR) is 72.6 cm³/mol. The van der Waals surface area contributed by atoms with Crippen LogP contribution >= 0.6 is 11.3 Å². The maximum absolute atomic E-state index is 4.53. The summed E-state index contributed by atoms with van der Waals surface area (Å²) in [5, 5.41) is 8.76. The topological polar surface area (TPSA) is 55.6 Å². The minimum absolute atomic E-state index is 0.360. The number of hydrogen-bond acceptors (Lipinski definition) is 5. The van der Waals surface area contributed by atoms with Gasteiger partial charge in [0.15, 0.2) is 0 Å². The molecular weight excluding hydrogens is 246 g/mol. The molecule has 18 heavy (non-hydrogen) atoms. The maximum atomic E-state index is 4.53. The Bertz CT molecular complexity index is 477. The van der Waals surface area contributed by atoms with Crippen LogP contribution in [0.1, 0.15) is 29.4 Å². The fraction of sp³-hybridized carbons (Fsp3) is 0.583. The van der Waals surface area contributed by atoms with E-state index in [2.05, 4.69) is 41.2 Å². The van der Waals surface area contributed by atoms with Crippen molar-refractivity contribution in [3.63, 3.8) is 0 Å². The molecule has 2 heterocycles. The SMILES string of the molecule is CCc1nc(C)sc1CN[C@@H](C)Cn1cncn1. The number of thiazole rings is 1. The lowest BCUT2D eigenvalue weighted by Crippen LogP contribution is -2.30. The molecule has 0 fully saturated rings. The third-order valence-electron chi connectivity index (χ3n) is 2.76. The van der Waals surface area contributed by atoms with Crippen LogP contribution in [0.4, 0.5) is 0 Å². The van der Waals surface area contributed by atoms with Gasteiger partial charge in [0.2, 0.25) is 0 Å². The van der Waals surface area contributed by atoms with Crippen molar-refractivity contribution in [3.05, 3.63) is 28.2 Å². The molecule has 2 rings (SSSR count). The molecule has 5 nitrogen and oxygen atoms in total. The first-order chi connectivity index (χ1) is 8.69. The minimum atomic E-state index is 0.360. The van der Waals surface area contributed by atoms with Gasteiger partial charge >= 0.3 is 0 Å². The molecule has 0 aliphatic rings. The van der Waals surface area contributed by atoms with Crippen LogP contribution in [-0.4, -0.2) is 25.8 Å². The second-order valence-corrected chi connectivity index (χ2v) is 5.64. The summed E-state index contributed by atoms with van der Waals surface area (Å²) in [6, 6.07) is 0.360. The zero-order valence-electron chi connectivity index (χ0n) is 11.1. The van der Waals surface area contributed by atoms with E-state index in [1.54, 1.807) is 24.0 Å². The lowest BCUT2D eigenvalue weighted by Gasteiger charge is -2.13. The van der Waals surface area contributed by atoms with Gasteiger partial charge in [0.1, 0.15) is 12.7 Å². The third-order valence-corrected chi connectivity index (χ3v) is 3.77. The second-order valence-electron chi connectivity index (χ2n) is 4.36. The Morgan fingerprint density at radius 1 is 1.50 bits per heavy atom. The summed E-state index contributed by atoms with van der Waals surface area (Å²) in [7, 11) is 0. The lowest BCUT2D eigenvalue weighted by atomic mass is 10.2. The van der Waals surface area contributed by atoms with E-state index in [1.165, 1.54) is 10.6 Å². The highest BCUT2D eigenvalue weighted by atomic mass is 32.1. The van der Waals surface area contributed by atoms with Crippen molar-refractivity contribution >= 4 is 11.3 Å². The van der Waals surface area contributed by atoms with Crippen LogP contribution in [0.3, 0.4) is 0 Å². The molecule has 2 aromatic rings. The van der Waals surface area contributed by atoms with Gasteiger partial charge < -0.3 is 5.32 Å². The molecule has 0 saturated carbocycles. The number of aryl methyl sites for hydroxylation is 2. The fourth-order valence-electron chi connectivity index (χ4n) is 1.87. The lowest BCUT2D eigenvalue weighted by molar-refractivity contribution is 0.451. The first kappa shape index (κ1) is 13.2. The van der Waals surface area contributed by atoms with E-state index < -0.39 is 0 Å². The van der Waals surface area contributed by atoms with Gasteiger partial charge in [-0.1, -0.05) is 6.92 Å².